The Morgan fingerprint density at radius 1 is 0.392 bits per heavy atom. The maximum absolute atomic E-state index is 5.66. The fraction of sp³-hybridized carbons (Fsp3) is 0.0667. The Hall–Kier alpha value is -6.66. The third-order valence-electron chi connectivity index (χ3n) is 9.62. The van der Waals surface area contributed by atoms with E-state index in [9.17, 15) is 0 Å². The Morgan fingerprint density at radius 3 is 1.39 bits per heavy atom. The van der Waals surface area contributed by atoms with Crippen LogP contribution in [-0.4, -0.2) is 34.2 Å². The summed E-state index contributed by atoms with van der Waals surface area (Å²) in [4.78, 5) is 20.2. The lowest BCUT2D eigenvalue weighted by atomic mass is 9.97. The van der Waals surface area contributed by atoms with Crippen LogP contribution in [0, 0.1) is 6.92 Å². The number of aryl methyl sites for hydroxylation is 1. The molecular formula is C45H32N4O2. The summed E-state index contributed by atoms with van der Waals surface area (Å²) in [6, 6.07) is 48.0. The molecule has 5 aromatic carbocycles. The first-order valence-electron chi connectivity index (χ1n) is 16.9. The van der Waals surface area contributed by atoms with Gasteiger partial charge in [0, 0.05) is 44.8 Å². The number of pyridine rings is 4. The summed E-state index contributed by atoms with van der Waals surface area (Å²) in [5, 5.41) is 4.11. The first-order valence-corrected chi connectivity index (χ1v) is 16.9. The summed E-state index contributed by atoms with van der Waals surface area (Å²) in [6.07, 6.45) is 0. The lowest BCUT2D eigenvalue weighted by molar-refractivity contribution is 0.399. The van der Waals surface area contributed by atoms with Crippen molar-refractivity contribution in [2.45, 2.75) is 6.92 Å². The molecule has 0 aliphatic heterocycles. The van der Waals surface area contributed by atoms with E-state index >= 15 is 0 Å². The number of methoxy groups -OCH3 is 2. The van der Waals surface area contributed by atoms with Gasteiger partial charge in [0.1, 0.15) is 11.0 Å². The van der Waals surface area contributed by atoms with Crippen LogP contribution in [0.25, 0.3) is 88.4 Å². The van der Waals surface area contributed by atoms with Crippen LogP contribution in [0.2, 0.25) is 0 Å². The lowest BCUT2D eigenvalue weighted by Crippen LogP contribution is -1.95. The van der Waals surface area contributed by atoms with Gasteiger partial charge in [-0.2, -0.15) is 0 Å². The average molecular weight is 661 g/mol. The van der Waals surface area contributed by atoms with Gasteiger partial charge < -0.3 is 9.47 Å². The normalized spacial score (nSPS) is 11.4. The Balaban J connectivity index is 1.15. The van der Waals surface area contributed by atoms with E-state index in [0.717, 1.165) is 93.9 Å². The molecular weight excluding hydrogens is 629 g/mol. The molecule has 244 valence electrons. The molecule has 4 heterocycles. The summed E-state index contributed by atoms with van der Waals surface area (Å²) in [6.45, 7) is 2.12. The molecule has 0 spiro atoms. The van der Waals surface area contributed by atoms with Crippen LogP contribution in [0.15, 0.2) is 140 Å². The highest BCUT2D eigenvalue weighted by atomic mass is 16.5. The highest BCUT2D eigenvalue weighted by Gasteiger charge is 2.16. The first-order chi connectivity index (χ1) is 25.1. The van der Waals surface area contributed by atoms with E-state index in [1.165, 1.54) is 0 Å². The summed E-state index contributed by atoms with van der Waals surface area (Å²) in [7, 11) is 3.31. The first kappa shape index (κ1) is 30.4. The molecule has 0 radical (unpaired) electrons. The van der Waals surface area contributed by atoms with Crippen molar-refractivity contribution in [2.75, 3.05) is 14.2 Å². The van der Waals surface area contributed by atoms with Gasteiger partial charge in [0.25, 0.3) is 0 Å². The third-order valence-corrected chi connectivity index (χ3v) is 9.62. The van der Waals surface area contributed by atoms with Crippen LogP contribution in [-0.2, 0) is 0 Å². The fourth-order valence-electron chi connectivity index (χ4n) is 7.04. The number of fused-ring (bicyclic) bond motifs is 6. The van der Waals surface area contributed by atoms with Crippen LogP contribution in [0.3, 0.4) is 0 Å². The molecule has 0 N–H and O–H groups in total. The third kappa shape index (κ3) is 5.29. The van der Waals surface area contributed by atoms with Gasteiger partial charge in [-0.15, -0.1) is 0 Å². The van der Waals surface area contributed by atoms with E-state index in [4.69, 9.17) is 29.4 Å². The van der Waals surface area contributed by atoms with Crippen LogP contribution in [0.4, 0.5) is 0 Å². The number of hydrogen-bond donors (Lipinski definition) is 0. The Bertz CT molecular complexity index is 2780. The minimum Gasteiger partial charge on any atom is -0.481 e. The molecule has 0 aliphatic rings. The molecule has 0 fully saturated rings. The van der Waals surface area contributed by atoms with Crippen LogP contribution >= 0.6 is 0 Å². The number of hydrogen-bond acceptors (Lipinski definition) is 6. The van der Waals surface area contributed by atoms with Gasteiger partial charge >= 0.3 is 0 Å². The van der Waals surface area contributed by atoms with Gasteiger partial charge in [0.15, 0.2) is 0 Å². The molecule has 4 aromatic heterocycles. The summed E-state index contributed by atoms with van der Waals surface area (Å²) >= 11 is 0. The van der Waals surface area contributed by atoms with E-state index in [1.54, 1.807) is 14.2 Å². The molecule has 0 saturated heterocycles. The molecule has 6 heteroatoms. The zero-order chi connectivity index (χ0) is 34.5. The van der Waals surface area contributed by atoms with Crippen LogP contribution in [0.5, 0.6) is 11.8 Å². The van der Waals surface area contributed by atoms with E-state index in [2.05, 4.69) is 97.9 Å². The van der Waals surface area contributed by atoms with Crippen molar-refractivity contribution in [3.05, 3.63) is 145 Å². The van der Waals surface area contributed by atoms with Crippen molar-refractivity contribution < 1.29 is 9.47 Å². The second kappa shape index (κ2) is 12.3. The highest BCUT2D eigenvalue weighted by Crippen LogP contribution is 2.37. The molecule has 0 aliphatic carbocycles. The van der Waals surface area contributed by atoms with Crippen molar-refractivity contribution in [1.82, 2.24) is 19.9 Å². The molecule has 9 aromatic rings. The number of benzene rings is 5. The molecule has 0 amide bonds. The predicted octanol–water partition coefficient (Wildman–Crippen LogP) is 10.9. The van der Waals surface area contributed by atoms with Gasteiger partial charge in [0.2, 0.25) is 11.8 Å². The zero-order valence-corrected chi connectivity index (χ0v) is 28.4. The maximum atomic E-state index is 5.66. The Labute approximate surface area is 295 Å². The largest absolute Gasteiger partial charge is 0.481 e. The van der Waals surface area contributed by atoms with Gasteiger partial charge in [-0.3, -0.25) is 0 Å². The molecule has 6 nitrogen and oxygen atoms in total. The van der Waals surface area contributed by atoms with E-state index in [0.29, 0.717) is 11.8 Å². The minimum atomic E-state index is 0.557. The van der Waals surface area contributed by atoms with E-state index in [1.807, 2.05) is 48.5 Å². The van der Waals surface area contributed by atoms with Crippen LogP contribution < -0.4 is 9.47 Å². The van der Waals surface area contributed by atoms with Gasteiger partial charge in [-0.05, 0) is 52.9 Å². The number of rotatable bonds is 6. The molecule has 0 bridgehead atoms. The van der Waals surface area contributed by atoms with Crippen molar-refractivity contribution >= 4 is 43.6 Å². The fourth-order valence-corrected chi connectivity index (χ4v) is 7.04. The van der Waals surface area contributed by atoms with E-state index in [-0.39, 0.29) is 0 Å². The van der Waals surface area contributed by atoms with Crippen LogP contribution in [0.1, 0.15) is 5.56 Å². The number of aromatic nitrogens is 4. The second-order valence-corrected chi connectivity index (χ2v) is 12.6. The maximum Gasteiger partial charge on any atom is 0.214 e. The average Bonchev–Trinajstić information content (AvgIpc) is 3.20. The highest BCUT2D eigenvalue weighted by molar-refractivity contribution is 6.10. The zero-order valence-electron chi connectivity index (χ0n) is 28.4. The molecule has 0 saturated carbocycles. The molecule has 51 heavy (non-hydrogen) atoms. The van der Waals surface area contributed by atoms with Gasteiger partial charge in [0.05, 0.1) is 36.6 Å². The van der Waals surface area contributed by atoms with Crippen molar-refractivity contribution in [3.63, 3.8) is 0 Å². The lowest BCUT2D eigenvalue weighted by Gasteiger charge is -2.13. The smallest absolute Gasteiger partial charge is 0.214 e. The minimum absolute atomic E-state index is 0.557. The monoisotopic (exact) mass is 660 g/mol. The topological polar surface area (TPSA) is 70.0 Å². The van der Waals surface area contributed by atoms with Crippen molar-refractivity contribution in [3.8, 4) is 56.5 Å². The van der Waals surface area contributed by atoms with Gasteiger partial charge in [-0.1, -0.05) is 109 Å². The SMILES string of the molecule is COc1cc(-c2ccccc2)c2ccc3ccc(-c4ccc(-c5ccc6ccc7c(-c8ccccc8)cc(OC)nc7c6n5)c(C)c4)nc3c2n1. The molecule has 0 unspecified atom stereocenters. The predicted molar refractivity (Wildman–Crippen MR) is 207 cm³/mol. The summed E-state index contributed by atoms with van der Waals surface area (Å²) in [5.74, 6) is 1.11. The standard InChI is InChI=1S/C45H32N4O2/c1-27-24-32(38-22-17-30-14-20-34-36(28-10-6-4-7-11-28)25-40(50-2)48-44(34)42(30)46-38)16-19-33(27)39-23-18-31-15-21-35-37(29-12-8-5-9-13-29)26-41(51-3)49-45(35)43(31)47-39/h4-26H,1-3H3. The van der Waals surface area contributed by atoms with Crippen molar-refractivity contribution in [2.24, 2.45) is 0 Å². The quantitative estimate of drug-likeness (QED) is 0.165. The Kier molecular flexibility index (Phi) is 7.36. The number of nitrogens with zero attached hydrogens (tertiary/aromatic N) is 4. The summed E-state index contributed by atoms with van der Waals surface area (Å²) in [5.41, 5.74) is 12.6. The second-order valence-electron chi connectivity index (χ2n) is 12.6. The van der Waals surface area contributed by atoms with Gasteiger partial charge in [-0.25, -0.2) is 19.9 Å². The number of ether oxygens (including phenoxy) is 2. The van der Waals surface area contributed by atoms with E-state index < -0.39 is 0 Å². The summed E-state index contributed by atoms with van der Waals surface area (Å²) < 4.78 is 11.3. The van der Waals surface area contributed by atoms with Crippen molar-refractivity contribution in [1.29, 1.82) is 0 Å². The molecule has 9 rings (SSSR count). The molecule has 0 atom stereocenters. The Morgan fingerprint density at radius 2 is 0.882 bits per heavy atom.